The van der Waals surface area contributed by atoms with Crippen molar-refractivity contribution < 1.29 is 0 Å². The van der Waals surface area contributed by atoms with Crippen molar-refractivity contribution in [3.05, 3.63) is 42.0 Å². The van der Waals surface area contributed by atoms with E-state index in [2.05, 4.69) is 39.6 Å². The van der Waals surface area contributed by atoms with Crippen LogP contribution in [0.3, 0.4) is 0 Å². The second-order valence-corrected chi connectivity index (χ2v) is 4.81. The van der Waals surface area contributed by atoms with Crippen LogP contribution in [0.5, 0.6) is 0 Å². The highest BCUT2D eigenvalue weighted by Gasteiger charge is 2.07. The molecule has 0 aliphatic carbocycles. The van der Waals surface area contributed by atoms with Gasteiger partial charge in [0.1, 0.15) is 0 Å². The monoisotopic (exact) mass is 224 g/mol. The second-order valence-electron chi connectivity index (χ2n) is 3.87. The highest BCUT2D eigenvalue weighted by atomic mass is 32.1. The summed E-state index contributed by atoms with van der Waals surface area (Å²) in [5.41, 5.74) is 2.30. The zero-order valence-electron chi connectivity index (χ0n) is 8.40. The van der Waals surface area contributed by atoms with E-state index in [1.807, 2.05) is 12.4 Å². The summed E-state index contributed by atoms with van der Waals surface area (Å²) in [6, 6.07) is 8.58. The molecule has 16 heavy (non-hydrogen) atoms. The van der Waals surface area contributed by atoms with Gasteiger partial charge in [-0.05, 0) is 29.6 Å². The molecule has 0 unspecified atom stereocenters. The average molecular weight is 224 g/mol. The van der Waals surface area contributed by atoms with Crippen LogP contribution in [0.4, 0.5) is 0 Å². The van der Waals surface area contributed by atoms with Gasteiger partial charge in [0.15, 0.2) is 0 Å². The van der Waals surface area contributed by atoms with Gasteiger partial charge in [0.05, 0.1) is 11.7 Å². The molecule has 0 bridgehead atoms. The Morgan fingerprint density at radius 1 is 1.00 bits per heavy atom. The van der Waals surface area contributed by atoms with Crippen molar-refractivity contribution in [2.45, 2.75) is 0 Å². The van der Waals surface area contributed by atoms with Crippen LogP contribution in [-0.4, -0.2) is 9.97 Å². The molecule has 0 radical (unpaired) electrons. The minimum absolute atomic E-state index is 1.11. The topological polar surface area (TPSA) is 28.7 Å². The van der Waals surface area contributed by atoms with Crippen molar-refractivity contribution in [1.29, 1.82) is 0 Å². The lowest BCUT2D eigenvalue weighted by molar-refractivity contribution is 1.35. The fourth-order valence-electron chi connectivity index (χ4n) is 2.30. The van der Waals surface area contributed by atoms with Gasteiger partial charge in [0, 0.05) is 32.6 Å². The third kappa shape index (κ3) is 0.933. The van der Waals surface area contributed by atoms with Crippen molar-refractivity contribution >= 4 is 43.2 Å². The van der Waals surface area contributed by atoms with E-state index in [0.717, 1.165) is 5.52 Å². The summed E-state index contributed by atoms with van der Waals surface area (Å²) in [5, 5.41) is 6.05. The molecule has 1 aromatic carbocycles. The lowest BCUT2D eigenvalue weighted by Gasteiger charge is -1.93. The van der Waals surface area contributed by atoms with E-state index in [4.69, 9.17) is 0 Å². The molecule has 0 saturated carbocycles. The molecule has 0 spiro atoms. The second kappa shape index (κ2) is 2.83. The van der Waals surface area contributed by atoms with E-state index in [9.17, 15) is 0 Å². The first-order chi connectivity index (χ1) is 7.93. The standard InChI is InChI=1S/C13H8N2S/c1-2-12-9(4-6-16-12)13-8-3-5-14-7-11(8)15-10(1)13/h1-7,15H. The van der Waals surface area contributed by atoms with Crippen LogP contribution >= 0.6 is 11.3 Å². The average Bonchev–Trinajstić information content (AvgIpc) is 2.91. The summed E-state index contributed by atoms with van der Waals surface area (Å²) < 4.78 is 1.34. The number of hydrogen-bond donors (Lipinski definition) is 1. The third-order valence-corrected chi connectivity index (χ3v) is 3.88. The van der Waals surface area contributed by atoms with Crippen LogP contribution in [0, 0.1) is 0 Å². The van der Waals surface area contributed by atoms with Crippen molar-refractivity contribution in [3.8, 4) is 0 Å². The van der Waals surface area contributed by atoms with Gasteiger partial charge < -0.3 is 4.98 Å². The smallest absolute Gasteiger partial charge is 0.0651 e. The molecule has 76 valence electrons. The van der Waals surface area contributed by atoms with Crippen LogP contribution in [0.15, 0.2) is 42.0 Å². The van der Waals surface area contributed by atoms with Gasteiger partial charge in [-0.3, -0.25) is 4.98 Å². The van der Waals surface area contributed by atoms with E-state index in [-0.39, 0.29) is 0 Å². The molecule has 1 N–H and O–H groups in total. The maximum absolute atomic E-state index is 4.15. The number of thiophene rings is 1. The zero-order chi connectivity index (χ0) is 10.5. The Bertz CT molecular complexity index is 810. The molecule has 0 amide bonds. The Morgan fingerprint density at radius 2 is 2.00 bits per heavy atom. The Balaban J connectivity index is 2.42. The summed E-state index contributed by atoms with van der Waals surface area (Å²) in [6.45, 7) is 0. The minimum atomic E-state index is 1.11. The minimum Gasteiger partial charge on any atom is -0.353 e. The van der Waals surface area contributed by atoms with Crippen molar-refractivity contribution in [2.75, 3.05) is 0 Å². The number of benzene rings is 1. The summed E-state index contributed by atoms with van der Waals surface area (Å²) in [5.74, 6) is 0. The highest BCUT2D eigenvalue weighted by molar-refractivity contribution is 7.17. The van der Waals surface area contributed by atoms with E-state index in [1.54, 1.807) is 11.3 Å². The number of hydrogen-bond acceptors (Lipinski definition) is 2. The molecule has 4 aromatic rings. The molecule has 3 heteroatoms. The molecule has 0 saturated heterocycles. The van der Waals surface area contributed by atoms with E-state index in [0.29, 0.717) is 0 Å². The van der Waals surface area contributed by atoms with Crippen LogP contribution < -0.4 is 0 Å². The number of H-pyrrole nitrogens is 1. The first-order valence-electron chi connectivity index (χ1n) is 5.15. The summed E-state index contributed by atoms with van der Waals surface area (Å²) >= 11 is 1.78. The van der Waals surface area contributed by atoms with Crippen molar-refractivity contribution in [3.63, 3.8) is 0 Å². The van der Waals surface area contributed by atoms with Gasteiger partial charge in [-0.25, -0.2) is 0 Å². The summed E-state index contributed by atoms with van der Waals surface area (Å²) in [7, 11) is 0. The van der Waals surface area contributed by atoms with Crippen LogP contribution in [-0.2, 0) is 0 Å². The number of nitrogens with zero attached hydrogens (tertiary/aromatic N) is 1. The van der Waals surface area contributed by atoms with Crippen LogP contribution in [0.25, 0.3) is 31.9 Å². The Labute approximate surface area is 95.5 Å². The lowest BCUT2D eigenvalue weighted by Crippen LogP contribution is -1.69. The summed E-state index contributed by atoms with van der Waals surface area (Å²) in [4.78, 5) is 7.55. The predicted octanol–water partition coefficient (Wildman–Crippen LogP) is 3.93. The number of pyridine rings is 1. The van der Waals surface area contributed by atoms with Gasteiger partial charge in [-0.2, -0.15) is 0 Å². The largest absolute Gasteiger partial charge is 0.353 e. The third-order valence-electron chi connectivity index (χ3n) is 2.99. The molecule has 3 heterocycles. The number of fused-ring (bicyclic) bond motifs is 5. The molecular weight excluding hydrogens is 216 g/mol. The van der Waals surface area contributed by atoms with E-state index < -0.39 is 0 Å². The Hall–Kier alpha value is -1.87. The fraction of sp³-hybridized carbons (Fsp3) is 0. The van der Waals surface area contributed by atoms with Gasteiger partial charge >= 0.3 is 0 Å². The van der Waals surface area contributed by atoms with Gasteiger partial charge in [-0.1, -0.05) is 0 Å². The number of aromatic amines is 1. The maximum Gasteiger partial charge on any atom is 0.0651 e. The van der Waals surface area contributed by atoms with Crippen LogP contribution in [0.1, 0.15) is 0 Å². The predicted molar refractivity (Wildman–Crippen MR) is 69.0 cm³/mol. The summed E-state index contributed by atoms with van der Waals surface area (Å²) in [6.07, 6.45) is 3.73. The van der Waals surface area contributed by atoms with Crippen molar-refractivity contribution in [1.82, 2.24) is 9.97 Å². The maximum atomic E-state index is 4.15. The van der Waals surface area contributed by atoms with Crippen LogP contribution in [0.2, 0.25) is 0 Å². The van der Waals surface area contributed by atoms with Gasteiger partial charge in [0.25, 0.3) is 0 Å². The van der Waals surface area contributed by atoms with E-state index >= 15 is 0 Å². The Morgan fingerprint density at radius 3 is 3.00 bits per heavy atom. The van der Waals surface area contributed by atoms with Gasteiger partial charge in [-0.15, -0.1) is 11.3 Å². The molecule has 0 atom stereocenters. The first kappa shape index (κ1) is 8.30. The normalized spacial score (nSPS) is 11.8. The Kier molecular flexibility index (Phi) is 1.47. The first-order valence-corrected chi connectivity index (χ1v) is 6.03. The molecule has 0 aliphatic rings. The highest BCUT2D eigenvalue weighted by Crippen LogP contribution is 2.33. The number of aromatic nitrogens is 2. The fourth-order valence-corrected chi connectivity index (χ4v) is 3.09. The zero-order valence-corrected chi connectivity index (χ0v) is 9.21. The van der Waals surface area contributed by atoms with E-state index in [1.165, 1.54) is 26.4 Å². The molecule has 0 fully saturated rings. The quantitative estimate of drug-likeness (QED) is 0.481. The molecule has 2 nitrogen and oxygen atoms in total. The van der Waals surface area contributed by atoms with Gasteiger partial charge in [0.2, 0.25) is 0 Å². The molecular formula is C13H8N2S. The molecule has 0 aliphatic heterocycles. The lowest BCUT2D eigenvalue weighted by atomic mass is 10.1. The number of rotatable bonds is 0. The molecule has 4 rings (SSSR count). The SMILES string of the molecule is c1cc2c(cn1)[nH]c1ccc3sccc3c12. The number of nitrogens with one attached hydrogen (secondary N) is 1. The van der Waals surface area contributed by atoms with Crippen molar-refractivity contribution in [2.24, 2.45) is 0 Å². The molecule has 3 aromatic heterocycles.